The SMILES string of the molecule is c1cc2c3c4c5c(cccc5ccc4n(-c4ccc(-c5ccccc5)cc4C4=CC=CCC4)c3c#1)-c1ccccc1-2. The smallest absolute Gasteiger partial charge is 0.106 e. The quantitative estimate of drug-likeness (QED) is 0.219. The summed E-state index contributed by atoms with van der Waals surface area (Å²) in [5, 5.41) is 5.16. The molecule has 0 saturated carbocycles. The van der Waals surface area contributed by atoms with Crippen molar-refractivity contribution in [3.8, 4) is 39.1 Å². The summed E-state index contributed by atoms with van der Waals surface area (Å²) < 4.78 is 2.44. The van der Waals surface area contributed by atoms with Gasteiger partial charge >= 0.3 is 0 Å². The van der Waals surface area contributed by atoms with Crippen molar-refractivity contribution in [3.05, 3.63) is 145 Å². The van der Waals surface area contributed by atoms with Gasteiger partial charge in [-0.25, -0.2) is 0 Å². The van der Waals surface area contributed by atoms with E-state index in [0.717, 1.165) is 18.4 Å². The topological polar surface area (TPSA) is 4.93 Å². The summed E-state index contributed by atoms with van der Waals surface area (Å²) in [5.74, 6) is 0. The third-order valence-electron chi connectivity index (χ3n) is 8.86. The molecule has 0 saturated heterocycles. The number of fused-ring (bicyclic) bond motifs is 3. The Morgan fingerprint density at radius 3 is 2.29 bits per heavy atom. The molecule has 0 amide bonds. The minimum atomic E-state index is 1.03. The van der Waals surface area contributed by atoms with Crippen LogP contribution in [0.15, 0.2) is 127 Å². The number of benzene rings is 5. The average Bonchev–Trinajstić information content (AvgIpc) is 3.33. The number of hydrogen-bond acceptors (Lipinski definition) is 0. The van der Waals surface area contributed by atoms with E-state index in [4.69, 9.17) is 0 Å². The van der Waals surface area contributed by atoms with Crippen molar-refractivity contribution >= 4 is 38.2 Å². The summed E-state index contributed by atoms with van der Waals surface area (Å²) in [6.45, 7) is 0. The van der Waals surface area contributed by atoms with Gasteiger partial charge in [-0.2, -0.15) is 0 Å². The molecular formula is C40H25N. The molecule has 1 nitrogen and oxygen atoms in total. The second-order valence-corrected chi connectivity index (χ2v) is 11.1. The normalized spacial score (nSPS) is 13.5. The largest absolute Gasteiger partial charge is 0.301 e. The summed E-state index contributed by atoms with van der Waals surface area (Å²) in [7, 11) is 0. The van der Waals surface area contributed by atoms with Crippen LogP contribution in [0.4, 0.5) is 0 Å². The van der Waals surface area contributed by atoms with Crippen molar-refractivity contribution < 1.29 is 0 Å². The summed E-state index contributed by atoms with van der Waals surface area (Å²) in [6.07, 6.45) is 8.84. The fourth-order valence-corrected chi connectivity index (χ4v) is 7.05. The van der Waals surface area contributed by atoms with Gasteiger partial charge in [-0.3, -0.25) is 0 Å². The molecule has 1 heterocycles. The van der Waals surface area contributed by atoms with E-state index in [0.29, 0.717) is 0 Å². The third-order valence-corrected chi connectivity index (χ3v) is 8.86. The molecule has 0 aliphatic heterocycles. The molecule has 41 heavy (non-hydrogen) atoms. The Morgan fingerprint density at radius 2 is 1.44 bits per heavy atom. The minimum Gasteiger partial charge on any atom is -0.301 e. The highest BCUT2D eigenvalue weighted by Crippen LogP contribution is 2.49. The Hall–Kier alpha value is -5.32. The Kier molecular flexibility index (Phi) is 4.71. The monoisotopic (exact) mass is 519 g/mol. The van der Waals surface area contributed by atoms with Crippen LogP contribution in [0.3, 0.4) is 0 Å². The van der Waals surface area contributed by atoms with Gasteiger partial charge < -0.3 is 4.57 Å². The number of nitrogens with zero attached hydrogens (tertiary/aromatic N) is 1. The first-order valence-corrected chi connectivity index (χ1v) is 14.3. The molecule has 9 rings (SSSR count). The molecule has 0 radical (unpaired) electrons. The van der Waals surface area contributed by atoms with E-state index < -0.39 is 0 Å². The first kappa shape index (κ1) is 22.5. The van der Waals surface area contributed by atoms with Crippen LogP contribution >= 0.6 is 0 Å². The maximum absolute atomic E-state index is 3.58. The number of aromatic nitrogens is 1. The van der Waals surface area contributed by atoms with Crippen molar-refractivity contribution in [2.24, 2.45) is 0 Å². The van der Waals surface area contributed by atoms with Gasteiger partial charge in [0, 0.05) is 21.9 Å². The highest BCUT2D eigenvalue weighted by Gasteiger charge is 2.25. The third kappa shape index (κ3) is 3.19. The highest BCUT2D eigenvalue weighted by atomic mass is 15.0. The van der Waals surface area contributed by atoms with Crippen molar-refractivity contribution in [1.82, 2.24) is 4.57 Å². The summed E-state index contributed by atoms with van der Waals surface area (Å²) in [6, 6.07) is 46.9. The first-order chi connectivity index (χ1) is 20.4. The van der Waals surface area contributed by atoms with E-state index in [1.165, 1.54) is 77.3 Å². The first-order valence-electron chi connectivity index (χ1n) is 14.3. The van der Waals surface area contributed by atoms with Crippen LogP contribution < -0.4 is 0 Å². The van der Waals surface area contributed by atoms with E-state index in [1.54, 1.807) is 0 Å². The molecule has 190 valence electrons. The lowest BCUT2D eigenvalue weighted by molar-refractivity contribution is 1.05. The standard InChI is InChI=1S/C40H25N/c1-3-11-26(12-4-1)29-22-23-35(34(25-29)27-13-5-2-6-14-27)41-36-20-10-19-33-31-17-8-7-16-30(31)32-18-9-15-28-21-24-37(41)40(38(28)32)39(33)36/h1-5,7-9,11-13,15-19,21-25H,6,14H2. The summed E-state index contributed by atoms with van der Waals surface area (Å²) in [5.41, 5.74) is 13.7. The Labute approximate surface area is 239 Å². The lowest BCUT2D eigenvalue weighted by Crippen LogP contribution is -2.01. The van der Waals surface area contributed by atoms with Gasteiger partial charge in [-0.1, -0.05) is 109 Å². The van der Waals surface area contributed by atoms with Crippen LogP contribution in [0.1, 0.15) is 18.4 Å². The molecule has 6 aromatic carbocycles. The van der Waals surface area contributed by atoms with Crippen LogP contribution in [0.2, 0.25) is 0 Å². The summed E-state index contributed by atoms with van der Waals surface area (Å²) >= 11 is 0. The maximum atomic E-state index is 3.58. The van der Waals surface area contributed by atoms with Gasteiger partial charge in [0.05, 0.1) is 11.2 Å². The zero-order chi connectivity index (χ0) is 26.9. The van der Waals surface area contributed by atoms with Gasteiger partial charge in [0.2, 0.25) is 0 Å². The van der Waals surface area contributed by atoms with Crippen molar-refractivity contribution in [2.75, 3.05) is 0 Å². The van der Waals surface area contributed by atoms with E-state index >= 15 is 0 Å². The van der Waals surface area contributed by atoms with Crippen LogP contribution in [-0.2, 0) is 0 Å². The molecule has 7 aromatic rings. The van der Waals surface area contributed by atoms with E-state index in [9.17, 15) is 0 Å². The zero-order valence-electron chi connectivity index (χ0n) is 22.5. The Balaban J connectivity index is 1.44. The van der Waals surface area contributed by atoms with Gasteiger partial charge in [-0.05, 0) is 87.3 Å². The Bertz CT molecular complexity index is 2240. The molecule has 1 aromatic heterocycles. The molecular weight excluding hydrogens is 494 g/mol. The molecule has 0 atom stereocenters. The van der Waals surface area contributed by atoms with Crippen molar-refractivity contribution in [1.29, 1.82) is 0 Å². The van der Waals surface area contributed by atoms with Crippen LogP contribution in [0, 0.1) is 12.1 Å². The molecule has 2 aliphatic rings. The molecule has 0 N–H and O–H groups in total. The Morgan fingerprint density at radius 1 is 0.610 bits per heavy atom. The predicted molar refractivity (Wildman–Crippen MR) is 172 cm³/mol. The molecule has 2 aliphatic carbocycles. The van der Waals surface area contributed by atoms with Gasteiger partial charge in [0.25, 0.3) is 0 Å². The van der Waals surface area contributed by atoms with Crippen LogP contribution in [0.5, 0.6) is 0 Å². The molecule has 0 fully saturated rings. The highest BCUT2D eigenvalue weighted by molar-refractivity contribution is 6.30. The van der Waals surface area contributed by atoms with Crippen LogP contribution in [0.25, 0.3) is 77.2 Å². The van der Waals surface area contributed by atoms with Crippen molar-refractivity contribution in [3.63, 3.8) is 0 Å². The van der Waals surface area contributed by atoms with E-state index in [1.807, 2.05) is 0 Å². The minimum absolute atomic E-state index is 1.03. The molecule has 0 spiro atoms. The van der Waals surface area contributed by atoms with Gasteiger partial charge in [0.15, 0.2) is 0 Å². The fourth-order valence-electron chi connectivity index (χ4n) is 7.05. The average molecular weight is 520 g/mol. The number of rotatable bonds is 3. The fraction of sp³-hybridized carbons (Fsp3) is 0.0500. The zero-order valence-corrected chi connectivity index (χ0v) is 22.5. The molecule has 0 unspecified atom stereocenters. The maximum Gasteiger partial charge on any atom is 0.106 e. The number of allylic oxidation sites excluding steroid dienone is 4. The van der Waals surface area contributed by atoms with Gasteiger partial charge in [-0.15, -0.1) is 0 Å². The van der Waals surface area contributed by atoms with Crippen molar-refractivity contribution in [2.45, 2.75) is 12.8 Å². The second-order valence-electron chi connectivity index (χ2n) is 11.1. The van der Waals surface area contributed by atoms with Crippen LogP contribution in [-0.4, -0.2) is 4.57 Å². The molecule has 1 heteroatoms. The van der Waals surface area contributed by atoms with E-state index in [-0.39, 0.29) is 0 Å². The number of hydrogen-bond donors (Lipinski definition) is 0. The molecule has 0 bridgehead atoms. The van der Waals surface area contributed by atoms with Gasteiger partial charge in [0.1, 0.15) is 5.52 Å². The van der Waals surface area contributed by atoms with E-state index in [2.05, 4.69) is 144 Å². The summed E-state index contributed by atoms with van der Waals surface area (Å²) in [4.78, 5) is 0. The lowest BCUT2D eigenvalue weighted by Gasteiger charge is -2.19. The predicted octanol–water partition coefficient (Wildman–Crippen LogP) is 10.6. The lowest BCUT2D eigenvalue weighted by atomic mass is 9.92. The second kappa shape index (κ2) is 8.59.